The smallest absolute Gasteiger partial charge is 0.182 e. The van der Waals surface area contributed by atoms with Crippen molar-refractivity contribution in [1.82, 2.24) is 15.1 Å². The van der Waals surface area contributed by atoms with Crippen LogP contribution >= 0.6 is 0 Å². The summed E-state index contributed by atoms with van der Waals surface area (Å²) in [5.74, 6) is -0.0391. The fourth-order valence-electron chi connectivity index (χ4n) is 3.62. The van der Waals surface area contributed by atoms with Crippen LogP contribution in [0, 0.1) is 0 Å². The number of hydrogen-bond donors (Lipinski definition) is 3. The number of aliphatic hydroxyl groups is 2. The third-order valence-corrected chi connectivity index (χ3v) is 5.24. The Hall–Kier alpha value is -1.93. The summed E-state index contributed by atoms with van der Waals surface area (Å²) >= 11 is 0. The fourth-order valence-corrected chi connectivity index (χ4v) is 3.62. The Morgan fingerprint density at radius 2 is 1.74 bits per heavy atom. The van der Waals surface area contributed by atoms with E-state index in [4.69, 9.17) is 5.11 Å². The van der Waals surface area contributed by atoms with E-state index >= 15 is 0 Å². The number of Topliss-reactive ketones (excluding diaryl/α,β-unsaturated/α-hetero) is 1. The molecule has 1 unspecified atom stereocenters. The summed E-state index contributed by atoms with van der Waals surface area (Å²) in [5, 5.41) is 22.6. The zero-order valence-electron chi connectivity index (χ0n) is 15.8. The number of ketones is 1. The van der Waals surface area contributed by atoms with Gasteiger partial charge in [-0.3, -0.25) is 14.6 Å². The van der Waals surface area contributed by atoms with Crippen molar-refractivity contribution in [2.24, 2.45) is 0 Å². The number of β-amino-alcohol motifs (C(OH)–C–C–N with tert-alkyl or cyclic N) is 2. The minimum atomic E-state index is -0.777. The van der Waals surface area contributed by atoms with Gasteiger partial charge in [-0.05, 0) is 12.1 Å². The van der Waals surface area contributed by atoms with Crippen LogP contribution in [0.5, 0.6) is 0 Å². The number of rotatable bonds is 7. The predicted molar refractivity (Wildman–Crippen MR) is 106 cm³/mol. The second kappa shape index (κ2) is 9.85. The summed E-state index contributed by atoms with van der Waals surface area (Å²) in [6.07, 6.45) is 0.915. The molecule has 0 saturated carbocycles. The van der Waals surface area contributed by atoms with Crippen molar-refractivity contribution in [3.05, 3.63) is 42.1 Å². The normalized spacial score (nSPS) is 23.8. The molecule has 27 heavy (non-hydrogen) atoms. The molecular weight excluding hydrogens is 344 g/mol. The minimum absolute atomic E-state index is 0.0391. The number of carbonyl (C=O) groups excluding carboxylic acids is 1. The van der Waals surface area contributed by atoms with E-state index in [2.05, 4.69) is 15.1 Å². The molecule has 1 atom stereocenters. The average Bonchev–Trinajstić information content (AvgIpc) is 2.69. The molecule has 7 nitrogen and oxygen atoms in total. The maximum atomic E-state index is 12.4. The van der Waals surface area contributed by atoms with E-state index < -0.39 is 6.10 Å². The highest BCUT2D eigenvalue weighted by atomic mass is 16.3. The largest absolute Gasteiger partial charge is 0.395 e. The Morgan fingerprint density at radius 3 is 2.37 bits per heavy atom. The summed E-state index contributed by atoms with van der Waals surface area (Å²) < 4.78 is 0. The van der Waals surface area contributed by atoms with Gasteiger partial charge in [-0.2, -0.15) is 0 Å². The molecule has 2 aliphatic heterocycles. The quantitative estimate of drug-likeness (QED) is 0.439. The maximum absolute atomic E-state index is 12.4. The molecule has 7 heteroatoms. The van der Waals surface area contributed by atoms with Crippen molar-refractivity contribution in [2.45, 2.75) is 6.10 Å². The molecule has 2 fully saturated rings. The number of anilines is 1. The van der Waals surface area contributed by atoms with Crippen LogP contribution in [-0.2, 0) is 4.79 Å². The van der Waals surface area contributed by atoms with Crippen molar-refractivity contribution >= 4 is 11.5 Å². The second-order valence-electron chi connectivity index (χ2n) is 7.12. The van der Waals surface area contributed by atoms with Gasteiger partial charge in [-0.15, -0.1) is 0 Å². The van der Waals surface area contributed by atoms with E-state index in [1.54, 1.807) is 6.20 Å². The van der Waals surface area contributed by atoms with Crippen molar-refractivity contribution in [2.75, 3.05) is 70.4 Å². The first kappa shape index (κ1) is 19.8. The van der Waals surface area contributed by atoms with Crippen molar-refractivity contribution in [3.8, 4) is 0 Å². The second-order valence-corrected chi connectivity index (χ2v) is 7.12. The van der Waals surface area contributed by atoms with Crippen molar-refractivity contribution in [3.63, 3.8) is 0 Å². The third-order valence-electron chi connectivity index (χ3n) is 5.24. The van der Waals surface area contributed by atoms with Gasteiger partial charge in [0.25, 0.3) is 0 Å². The lowest BCUT2D eigenvalue weighted by Crippen LogP contribution is -2.48. The van der Waals surface area contributed by atoms with Crippen LogP contribution in [0.4, 0.5) is 5.69 Å². The van der Waals surface area contributed by atoms with Gasteiger partial charge in [0.2, 0.25) is 0 Å². The molecule has 0 aliphatic carbocycles. The molecule has 0 aromatic heterocycles. The van der Waals surface area contributed by atoms with Gasteiger partial charge in [0.1, 0.15) is 6.10 Å². The molecule has 0 spiro atoms. The molecule has 0 radical (unpaired) electrons. The first-order valence-corrected chi connectivity index (χ1v) is 9.67. The molecule has 1 aromatic rings. The number of benzene rings is 1. The Kier molecular flexibility index (Phi) is 7.23. The van der Waals surface area contributed by atoms with Crippen LogP contribution in [0.15, 0.2) is 42.1 Å². The number of nitrogens with one attached hydrogen (secondary N) is 1. The third kappa shape index (κ3) is 5.52. The van der Waals surface area contributed by atoms with E-state index in [1.165, 1.54) is 0 Å². The molecule has 1 aromatic carbocycles. The molecule has 2 saturated heterocycles. The number of piperidine rings is 1. The highest BCUT2D eigenvalue weighted by molar-refractivity contribution is 6.00. The highest BCUT2D eigenvalue weighted by Gasteiger charge is 2.29. The lowest BCUT2D eigenvalue weighted by Gasteiger charge is -2.34. The summed E-state index contributed by atoms with van der Waals surface area (Å²) in [6, 6.07) is 9.71. The Labute approximate surface area is 160 Å². The van der Waals surface area contributed by atoms with Gasteiger partial charge in [-0.25, -0.2) is 0 Å². The SMILES string of the molecule is O=C1CN(c2ccccc2)CC(O)/C1=C\NCCN1CCN(CCO)CC1. The number of carbonyl (C=O) groups is 1. The van der Waals surface area contributed by atoms with Crippen LogP contribution in [0.1, 0.15) is 0 Å². The van der Waals surface area contributed by atoms with Gasteiger partial charge in [0, 0.05) is 69.8 Å². The monoisotopic (exact) mass is 374 g/mol. The van der Waals surface area contributed by atoms with Gasteiger partial charge < -0.3 is 20.4 Å². The summed E-state index contributed by atoms with van der Waals surface area (Å²) in [4.78, 5) is 19.0. The zero-order valence-corrected chi connectivity index (χ0v) is 15.8. The molecule has 148 valence electrons. The van der Waals surface area contributed by atoms with E-state index in [0.29, 0.717) is 18.7 Å². The maximum Gasteiger partial charge on any atom is 0.182 e. The standard InChI is InChI=1S/C20H30N4O3/c25-13-12-23-10-8-22(9-11-23)7-6-21-14-18-19(26)15-24(16-20(18)27)17-4-2-1-3-5-17/h1-5,14,19,21,25-26H,6-13,15-16H2/b18-14+. The zero-order chi connectivity index (χ0) is 19.1. The molecule has 3 rings (SSSR count). The molecular formula is C20H30N4O3. The number of aliphatic hydroxyl groups excluding tert-OH is 2. The molecule has 0 amide bonds. The van der Waals surface area contributed by atoms with Crippen LogP contribution in [0.3, 0.4) is 0 Å². The number of hydrogen-bond acceptors (Lipinski definition) is 7. The van der Waals surface area contributed by atoms with Crippen molar-refractivity contribution in [1.29, 1.82) is 0 Å². The van der Waals surface area contributed by atoms with Crippen molar-refractivity contribution < 1.29 is 15.0 Å². The molecule has 0 bridgehead atoms. The fraction of sp³-hybridized carbons (Fsp3) is 0.550. The number of para-hydroxylation sites is 1. The Morgan fingerprint density at radius 1 is 1.07 bits per heavy atom. The van der Waals surface area contributed by atoms with E-state index in [0.717, 1.165) is 51.5 Å². The van der Waals surface area contributed by atoms with Gasteiger partial charge in [0.15, 0.2) is 5.78 Å². The Bertz CT molecular complexity index is 629. The molecule has 3 N–H and O–H groups in total. The molecule has 2 aliphatic rings. The lowest BCUT2D eigenvalue weighted by atomic mass is 10.00. The molecule has 2 heterocycles. The van der Waals surface area contributed by atoms with Gasteiger partial charge >= 0.3 is 0 Å². The summed E-state index contributed by atoms with van der Waals surface area (Å²) in [6.45, 7) is 7.27. The minimum Gasteiger partial charge on any atom is -0.395 e. The van der Waals surface area contributed by atoms with E-state index in [9.17, 15) is 9.90 Å². The van der Waals surface area contributed by atoms with Crippen LogP contribution < -0.4 is 10.2 Å². The van der Waals surface area contributed by atoms with Gasteiger partial charge in [0.05, 0.1) is 13.2 Å². The number of piperazine rings is 1. The summed E-state index contributed by atoms with van der Waals surface area (Å²) in [7, 11) is 0. The van der Waals surface area contributed by atoms with Gasteiger partial charge in [-0.1, -0.05) is 18.2 Å². The first-order valence-electron chi connectivity index (χ1n) is 9.67. The topological polar surface area (TPSA) is 79.3 Å². The van der Waals surface area contributed by atoms with Crippen LogP contribution in [-0.4, -0.2) is 97.4 Å². The van der Waals surface area contributed by atoms with E-state index in [1.807, 2.05) is 35.2 Å². The van der Waals surface area contributed by atoms with E-state index in [-0.39, 0.29) is 12.4 Å². The first-order chi connectivity index (χ1) is 13.2. The Balaban J connectivity index is 1.42. The number of nitrogens with zero attached hydrogens (tertiary/aromatic N) is 3. The lowest BCUT2D eigenvalue weighted by molar-refractivity contribution is -0.116. The van der Waals surface area contributed by atoms with Crippen LogP contribution in [0.25, 0.3) is 0 Å². The van der Waals surface area contributed by atoms with Crippen LogP contribution in [0.2, 0.25) is 0 Å². The average molecular weight is 374 g/mol. The predicted octanol–water partition coefficient (Wildman–Crippen LogP) is -0.480. The highest BCUT2D eigenvalue weighted by Crippen LogP contribution is 2.20. The summed E-state index contributed by atoms with van der Waals surface area (Å²) in [5.41, 5.74) is 1.42.